The summed E-state index contributed by atoms with van der Waals surface area (Å²) in [5.41, 5.74) is 1.29. The van der Waals surface area contributed by atoms with Crippen LogP contribution >= 0.6 is 0 Å². The van der Waals surface area contributed by atoms with Crippen molar-refractivity contribution in [3.05, 3.63) is 84.1 Å². The van der Waals surface area contributed by atoms with Crippen LogP contribution in [-0.4, -0.2) is 25.6 Å². The van der Waals surface area contributed by atoms with Gasteiger partial charge in [0.2, 0.25) is 9.84 Å². The van der Waals surface area contributed by atoms with Crippen molar-refractivity contribution >= 4 is 20.8 Å². The molecule has 0 fully saturated rings. The third kappa shape index (κ3) is 4.29. The molecule has 1 unspecified atom stereocenters. The number of halogens is 1. The standard InChI is InChI=1S/C22H19FN2O5S/c1-29-16-4-7-18(23)21(11-16)31(27,28)17-5-2-14(3-6-17)12-25-22(26)19-10-15-8-9-24-13-20(15)30-19/h2-11,13,22,25-26H,12H2,1H3. The number of fused-ring (bicyclic) bond motifs is 1. The molecule has 2 N–H and O–H groups in total. The molecule has 0 spiro atoms. The fourth-order valence-electron chi connectivity index (χ4n) is 3.08. The van der Waals surface area contributed by atoms with E-state index in [1.807, 2.05) is 0 Å². The van der Waals surface area contributed by atoms with Crippen molar-refractivity contribution in [3.8, 4) is 5.75 Å². The van der Waals surface area contributed by atoms with Gasteiger partial charge in [0.25, 0.3) is 0 Å². The number of nitrogens with one attached hydrogen (secondary N) is 1. The van der Waals surface area contributed by atoms with Crippen LogP contribution in [0.5, 0.6) is 5.75 Å². The molecule has 160 valence electrons. The van der Waals surface area contributed by atoms with Crippen LogP contribution in [0.1, 0.15) is 17.6 Å². The maximum Gasteiger partial charge on any atom is 0.209 e. The predicted molar refractivity (Wildman–Crippen MR) is 111 cm³/mol. The lowest BCUT2D eigenvalue weighted by Gasteiger charge is -2.11. The quantitative estimate of drug-likeness (QED) is 0.422. The monoisotopic (exact) mass is 442 g/mol. The minimum atomic E-state index is -4.05. The van der Waals surface area contributed by atoms with Gasteiger partial charge in [-0.05, 0) is 42.0 Å². The third-order valence-corrected chi connectivity index (χ3v) is 6.56. The van der Waals surface area contributed by atoms with Gasteiger partial charge in [0.05, 0.1) is 18.2 Å². The Morgan fingerprint density at radius 3 is 2.65 bits per heavy atom. The van der Waals surface area contributed by atoms with E-state index in [4.69, 9.17) is 9.15 Å². The highest BCUT2D eigenvalue weighted by molar-refractivity contribution is 7.91. The van der Waals surface area contributed by atoms with Crippen LogP contribution in [0.3, 0.4) is 0 Å². The van der Waals surface area contributed by atoms with E-state index in [2.05, 4.69) is 10.3 Å². The number of nitrogens with zero attached hydrogens (tertiary/aromatic N) is 1. The molecule has 31 heavy (non-hydrogen) atoms. The largest absolute Gasteiger partial charge is 0.497 e. The van der Waals surface area contributed by atoms with Gasteiger partial charge < -0.3 is 14.3 Å². The average Bonchev–Trinajstić information content (AvgIpc) is 3.22. The van der Waals surface area contributed by atoms with Gasteiger partial charge in [-0.1, -0.05) is 12.1 Å². The molecule has 1 atom stereocenters. The summed E-state index contributed by atoms with van der Waals surface area (Å²) in [6, 6.07) is 13.0. The number of hydrogen-bond acceptors (Lipinski definition) is 7. The van der Waals surface area contributed by atoms with Crippen LogP contribution in [0.2, 0.25) is 0 Å². The molecule has 0 saturated heterocycles. The van der Waals surface area contributed by atoms with E-state index in [0.29, 0.717) is 11.3 Å². The lowest BCUT2D eigenvalue weighted by molar-refractivity contribution is 0.114. The Morgan fingerprint density at radius 2 is 1.94 bits per heavy atom. The number of hydrogen-bond donors (Lipinski definition) is 2. The number of aliphatic hydroxyl groups is 1. The molecule has 2 aromatic carbocycles. The molecular formula is C22H19FN2O5S. The van der Waals surface area contributed by atoms with E-state index in [1.165, 1.54) is 25.3 Å². The van der Waals surface area contributed by atoms with Crippen molar-refractivity contribution < 1.29 is 27.1 Å². The Balaban J connectivity index is 1.48. The van der Waals surface area contributed by atoms with E-state index < -0.39 is 26.8 Å². The lowest BCUT2D eigenvalue weighted by Crippen LogP contribution is -2.19. The number of ether oxygens (including phenoxy) is 1. The Labute approximate surface area is 178 Å². The number of sulfone groups is 1. The molecule has 4 rings (SSSR count). The Bertz CT molecular complexity index is 1290. The number of methoxy groups -OCH3 is 1. The summed E-state index contributed by atoms with van der Waals surface area (Å²) in [7, 11) is -2.68. The fraction of sp³-hybridized carbons (Fsp3) is 0.136. The first-order valence-corrected chi connectivity index (χ1v) is 10.8. The summed E-state index contributed by atoms with van der Waals surface area (Å²) in [4.78, 5) is 3.47. The molecule has 4 aromatic rings. The minimum Gasteiger partial charge on any atom is -0.497 e. The first-order chi connectivity index (χ1) is 14.9. The van der Waals surface area contributed by atoms with Crippen LogP contribution in [0.25, 0.3) is 11.0 Å². The van der Waals surface area contributed by atoms with Crippen LogP contribution in [0.4, 0.5) is 4.39 Å². The molecule has 0 aliphatic heterocycles. The van der Waals surface area contributed by atoms with Gasteiger partial charge in [-0.25, -0.2) is 12.8 Å². The van der Waals surface area contributed by atoms with Gasteiger partial charge in [-0.15, -0.1) is 0 Å². The molecule has 0 bridgehead atoms. The van der Waals surface area contributed by atoms with Gasteiger partial charge >= 0.3 is 0 Å². The number of benzene rings is 2. The molecule has 0 saturated carbocycles. The summed E-state index contributed by atoms with van der Waals surface area (Å²) < 4.78 is 50.3. The van der Waals surface area contributed by atoms with Gasteiger partial charge in [0, 0.05) is 24.2 Å². The van der Waals surface area contributed by atoms with Gasteiger partial charge in [0.15, 0.2) is 11.8 Å². The van der Waals surface area contributed by atoms with Crippen LogP contribution in [0.15, 0.2) is 81.2 Å². The number of rotatable bonds is 7. The van der Waals surface area contributed by atoms with E-state index in [9.17, 15) is 17.9 Å². The normalized spacial score (nSPS) is 12.7. The second-order valence-electron chi connectivity index (χ2n) is 6.79. The zero-order valence-electron chi connectivity index (χ0n) is 16.4. The van der Waals surface area contributed by atoms with Gasteiger partial charge in [0.1, 0.15) is 22.2 Å². The lowest BCUT2D eigenvalue weighted by atomic mass is 10.2. The fourth-order valence-corrected chi connectivity index (χ4v) is 4.43. The Morgan fingerprint density at radius 1 is 1.16 bits per heavy atom. The summed E-state index contributed by atoms with van der Waals surface area (Å²) >= 11 is 0. The highest BCUT2D eigenvalue weighted by Crippen LogP contribution is 2.27. The molecule has 2 heterocycles. The number of furan rings is 1. The summed E-state index contributed by atoms with van der Waals surface area (Å²) in [6.07, 6.45) is 2.14. The maximum atomic E-state index is 14.1. The first-order valence-electron chi connectivity index (χ1n) is 9.31. The van der Waals surface area contributed by atoms with E-state index >= 15 is 0 Å². The van der Waals surface area contributed by atoms with Crippen LogP contribution in [-0.2, 0) is 16.4 Å². The smallest absolute Gasteiger partial charge is 0.209 e. The second-order valence-corrected chi connectivity index (χ2v) is 8.71. The SMILES string of the molecule is COc1ccc(F)c(S(=O)(=O)c2ccc(CNC(O)c3cc4ccncc4o3)cc2)c1. The molecule has 0 aliphatic rings. The topological polar surface area (TPSA) is 102 Å². The molecule has 2 aromatic heterocycles. The first kappa shape index (κ1) is 21.0. The second kappa shape index (κ2) is 8.46. The summed E-state index contributed by atoms with van der Waals surface area (Å²) in [5, 5.41) is 14.1. The van der Waals surface area contributed by atoms with Crippen molar-refractivity contribution in [2.45, 2.75) is 22.6 Å². The number of aliphatic hydroxyl groups excluding tert-OH is 1. The molecule has 7 nitrogen and oxygen atoms in total. The molecule has 0 aliphatic carbocycles. The maximum absolute atomic E-state index is 14.1. The van der Waals surface area contributed by atoms with Crippen molar-refractivity contribution in [2.75, 3.05) is 7.11 Å². The van der Waals surface area contributed by atoms with E-state index in [0.717, 1.165) is 23.1 Å². The van der Waals surface area contributed by atoms with Crippen molar-refractivity contribution in [3.63, 3.8) is 0 Å². The Kier molecular flexibility index (Phi) is 5.73. The zero-order chi connectivity index (χ0) is 22.0. The highest BCUT2D eigenvalue weighted by Gasteiger charge is 2.23. The molecule has 0 radical (unpaired) electrons. The average molecular weight is 442 g/mol. The summed E-state index contributed by atoms with van der Waals surface area (Å²) in [5.74, 6) is -0.262. The molecule has 0 amide bonds. The number of aromatic nitrogens is 1. The Hall–Kier alpha value is -3.27. The van der Waals surface area contributed by atoms with Gasteiger partial charge in [-0.2, -0.15) is 0 Å². The summed E-state index contributed by atoms with van der Waals surface area (Å²) in [6.45, 7) is 0.254. The molecule has 9 heteroatoms. The number of pyridine rings is 1. The van der Waals surface area contributed by atoms with Crippen molar-refractivity contribution in [2.24, 2.45) is 0 Å². The third-order valence-electron chi connectivity index (χ3n) is 4.77. The van der Waals surface area contributed by atoms with E-state index in [1.54, 1.807) is 36.7 Å². The minimum absolute atomic E-state index is 0.0475. The van der Waals surface area contributed by atoms with Gasteiger partial charge in [-0.3, -0.25) is 10.3 Å². The molecular weight excluding hydrogens is 423 g/mol. The van der Waals surface area contributed by atoms with Crippen molar-refractivity contribution in [1.29, 1.82) is 0 Å². The van der Waals surface area contributed by atoms with Crippen LogP contribution in [0, 0.1) is 5.82 Å². The van der Waals surface area contributed by atoms with E-state index in [-0.39, 0.29) is 17.2 Å². The predicted octanol–water partition coefficient (Wildman–Crippen LogP) is 3.59. The van der Waals surface area contributed by atoms with Crippen molar-refractivity contribution in [1.82, 2.24) is 10.3 Å². The van der Waals surface area contributed by atoms with Crippen LogP contribution < -0.4 is 10.1 Å². The zero-order valence-corrected chi connectivity index (χ0v) is 17.3. The highest BCUT2D eigenvalue weighted by atomic mass is 32.2.